The van der Waals surface area contributed by atoms with Crippen LogP contribution in [0.2, 0.25) is 0 Å². The summed E-state index contributed by atoms with van der Waals surface area (Å²) in [6.45, 7) is 0.654. The number of alkyl halides is 5. The lowest BCUT2D eigenvalue weighted by atomic mass is 10.1. The second kappa shape index (κ2) is 6.12. The van der Waals surface area contributed by atoms with Crippen LogP contribution in [-0.2, 0) is 17.5 Å². The van der Waals surface area contributed by atoms with Crippen LogP contribution in [0.5, 0.6) is 0 Å². The number of aromatic nitrogens is 1. The second-order valence-electron chi connectivity index (χ2n) is 3.64. The Labute approximate surface area is 110 Å². The SMILES string of the molecule is CCOC(=O)c1nc(CN)c(C(F)(F)F)cc1C(F)F. The molecule has 9 heteroatoms. The smallest absolute Gasteiger partial charge is 0.418 e. The van der Waals surface area contributed by atoms with Crippen molar-refractivity contribution in [3.63, 3.8) is 0 Å². The third-order valence-electron chi connectivity index (χ3n) is 2.33. The number of carbonyl (C=O) groups excluding carboxylic acids is 1. The summed E-state index contributed by atoms with van der Waals surface area (Å²) in [7, 11) is 0. The van der Waals surface area contributed by atoms with E-state index in [-0.39, 0.29) is 12.7 Å². The zero-order chi connectivity index (χ0) is 15.5. The molecule has 0 saturated carbocycles. The second-order valence-corrected chi connectivity index (χ2v) is 3.64. The van der Waals surface area contributed by atoms with Crippen LogP contribution >= 0.6 is 0 Å². The highest BCUT2D eigenvalue weighted by molar-refractivity contribution is 5.89. The molecule has 0 atom stereocenters. The van der Waals surface area contributed by atoms with E-state index in [4.69, 9.17) is 5.73 Å². The van der Waals surface area contributed by atoms with E-state index in [0.29, 0.717) is 0 Å². The lowest BCUT2D eigenvalue weighted by Gasteiger charge is -2.15. The molecule has 0 radical (unpaired) electrons. The molecule has 1 aromatic heterocycles. The first-order chi connectivity index (χ1) is 9.22. The monoisotopic (exact) mass is 298 g/mol. The van der Waals surface area contributed by atoms with Crippen LogP contribution < -0.4 is 5.73 Å². The summed E-state index contributed by atoms with van der Waals surface area (Å²) >= 11 is 0. The summed E-state index contributed by atoms with van der Waals surface area (Å²) in [4.78, 5) is 14.8. The average molecular weight is 298 g/mol. The number of hydrogen-bond donors (Lipinski definition) is 1. The molecule has 0 amide bonds. The number of pyridine rings is 1. The van der Waals surface area contributed by atoms with Crippen LogP contribution in [0.15, 0.2) is 6.07 Å². The summed E-state index contributed by atoms with van der Waals surface area (Å²) in [5.74, 6) is -1.22. The summed E-state index contributed by atoms with van der Waals surface area (Å²) in [6.07, 6.45) is -8.19. The molecule has 20 heavy (non-hydrogen) atoms. The maximum Gasteiger partial charge on any atom is 0.418 e. The molecule has 1 aromatic rings. The van der Waals surface area contributed by atoms with Crippen molar-refractivity contribution in [3.8, 4) is 0 Å². The first kappa shape index (κ1) is 16.3. The number of esters is 1. The van der Waals surface area contributed by atoms with Gasteiger partial charge >= 0.3 is 12.1 Å². The highest BCUT2D eigenvalue weighted by Gasteiger charge is 2.36. The first-order valence-electron chi connectivity index (χ1n) is 5.48. The quantitative estimate of drug-likeness (QED) is 0.685. The van der Waals surface area contributed by atoms with Crippen molar-refractivity contribution >= 4 is 5.97 Å². The normalized spacial score (nSPS) is 11.8. The topological polar surface area (TPSA) is 65.2 Å². The van der Waals surface area contributed by atoms with Gasteiger partial charge in [-0.1, -0.05) is 0 Å². The zero-order valence-electron chi connectivity index (χ0n) is 10.3. The fourth-order valence-corrected chi connectivity index (χ4v) is 1.50. The van der Waals surface area contributed by atoms with E-state index in [1.165, 1.54) is 6.92 Å². The minimum absolute atomic E-state index is 0.123. The van der Waals surface area contributed by atoms with Crippen LogP contribution in [0.25, 0.3) is 0 Å². The molecule has 0 aliphatic heterocycles. The average Bonchev–Trinajstić information content (AvgIpc) is 2.36. The molecule has 0 aromatic carbocycles. The Hall–Kier alpha value is -1.77. The molecule has 0 aliphatic rings. The van der Waals surface area contributed by atoms with E-state index in [1.807, 2.05) is 0 Å². The fourth-order valence-electron chi connectivity index (χ4n) is 1.50. The predicted molar refractivity (Wildman–Crippen MR) is 58.0 cm³/mol. The first-order valence-corrected chi connectivity index (χ1v) is 5.48. The van der Waals surface area contributed by atoms with Gasteiger partial charge in [0.05, 0.1) is 23.4 Å². The van der Waals surface area contributed by atoms with Crippen LogP contribution in [0.1, 0.15) is 40.7 Å². The minimum Gasteiger partial charge on any atom is -0.461 e. The molecule has 0 aliphatic carbocycles. The molecule has 0 spiro atoms. The van der Waals surface area contributed by atoms with Gasteiger partial charge in [0, 0.05) is 6.54 Å². The third kappa shape index (κ3) is 3.41. The Morgan fingerprint density at radius 1 is 1.45 bits per heavy atom. The van der Waals surface area contributed by atoms with Gasteiger partial charge in [-0.3, -0.25) is 0 Å². The number of rotatable bonds is 4. The predicted octanol–water partition coefficient (Wildman–Crippen LogP) is 2.67. The largest absolute Gasteiger partial charge is 0.461 e. The summed E-state index contributed by atoms with van der Waals surface area (Å²) in [5, 5.41) is 0. The van der Waals surface area contributed by atoms with Crippen molar-refractivity contribution in [2.45, 2.75) is 26.1 Å². The number of hydrogen-bond acceptors (Lipinski definition) is 4. The Balaban J connectivity index is 3.49. The van der Waals surface area contributed by atoms with Crippen molar-refractivity contribution < 1.29 is 31.5 Å². The standard InChI is InChI=1S/C11H11F5N2O2/c1-2-20-10(19)8-5(9(12)13)3-6(11(14,15)16)7(4-17)18-8/h3,9H,2,4,17H2,1H3. The van der Waals surface area contributed by atoms with E-state index in [0.717, 1.165) is 0 Å². The molecule has 0 unspecified atom stereocenters. The molecule has 1 rings (SSSR count). The number of carbonyl (C=O) groups is 1. The lowest BCUT2D eigenvalue weighted by molar-refractivity contribution is -0.138. The number of halogens is 5. The van der Waals surface area contributed by atoms with Crippen molar-refractivity contribution in [3.05, 3.63) is 28.6 Å². The van der Waals surface area contributed by atoms with Crippen molar-refractivity contribution in [2.75, 3.05) is 6.61 Å². The van der Waals surface area contributed by atoms with Gasteiger partial charge < -0.3 is 10.5 Å². The maximum atomic E-state index is 12.8. The van der Waals surface area contributed by atoms with Crippen LogP contribution in [0, 0.1) is 0 Å². The molecule has 1 heterocycles. The summed E-state index contributed by atoms with van der Waals surface area (Å²) < 4.78 is 68.2. The van der Waals surface area contributed by atoms with E-state index in [1.54, 1.807) is 0 Å². The molecule has 0 saturated heterocycles. The van der Waals surface area contributed by atoms with Crippen LogP contribution in [0.3, 0.4) is 0 Å². The van der Waals surface area contributed by atoms with Crippen LogP contribution in [0.4, 0.5) is 22.0 Å². The highest BCUT2D eigenvalue weighted by Crippen LogP contribution is 2.35. The van der Waals surface area contributed by atoms with Gasteiger partial charge in [0.25, 0.3) is 6.43 Å². The van der Waals surface area contributed by atoms with Gasteiger partial charge in [-0.25, -0.2) is 18.6 Å². The molecule has 0 bridgehead atoms. The summed E-state index contributed by atoms with van der Waals surface area (Å²) in [6, 6.07) is 0.187. The molecule has 112 valence electrons. The van der Waals surface area contributed by atoms with Gasteiger partial charge in [0.15, 0.2) is 5.69 Å². The number of nitrogens with zero attached hydrogens (tertiary/aromatic N) is 1. The van der Waals surface area contributed by atoms with E-state index >= 15 is 0 Å². The molecule has 0 fully saturated rings. The third-order valence-corrected chi connectivity index (χ3v) is 2.33. The van der Waals surface area contributed by atoms with Gasteiger partial charge in [-0.05, 0) is 13.0 Å². The Kier molecular flexibility index (Phi) is 4.98. The lowest BCUT2D eigenvalue weighted by Crippen LogP contribution is -2.19. The van der Waals surface area contributed by atoms with Gasteiger partial charge in [-0.15, -0.1) is 0 Å². The van der Waals surface area contributed by atoms with Crippen molar-refractivity contribution in [1.29, 1.82) is 0 Å². The van der Waals surface area contributed by atoms with E-state index < -0.39 is 47.6 Å². The van der Waals surface area contributed by atoms with Crippen molar-refractivity contribution in [2.24, 2.45) is 5.73 Å². The fraction of sp³-hybridized carbons (Fsp3) is 0.455. The van der Waals surface area contributed by atoms with E-state index in [9.17, 15) is 26.7 Å². The molecule has 4 nitrogen and oxygen atoms in total. The Bertz CT molecular complexity index is 502. The van der Waals surface area contributed by atoms with Gasteiger partial charge in [0.2, 0.25) is 0 Å². The number of ether oxygens (including phenoxy) is 1. The Morgan fingerprint density at radius 2 is 2.05 bits per heavy atom. The zero-order valence-corrected chi connectivity index (χ0v) is 10.3. The number of nitrogens with two attached hydrogens (primary N) is 1. The minimum atomic E-state index is -4.89. The van der Waals surface area contributed by atoms with Gasteiger partial charge in [-0.2, -0.15) is 13.2 Å². The maximum absolute atomic E-state index is 12.8. The van der Waals surface area contributed by atoms with Crippen molar-refractivity contribution in [1.82, 2.24) is 4.98 Å². The van der Waals surface area contributed by atoms with Crippen LogP contribution in [-0.4, -0.2) is 17.6 Å². The molecule has 2 N–H and O–H groups in total. The molecular weight excluding hydrogens is 287 g/mol. The highest BCUT2D eigenvalue weighted by atomic mass is 19.4. The van der Waals surface area contributed by atoms with Gasteiger partial charge in [0.1, 0.15) is 0 Å². The Morgan fingerprint density at radius 3 is 2.45 bits per heavy atom. The summed E-state index contributed by atoms with van der Waals surface area (Å²) in [5.41, 5.74) is 1.06. The molecular formula is C11H11F5N2O2. The van der Waals surface area contributed by atoms with E-state index in [2.05, 4.69) is 9.72 Å².